The van der Waals surface area contributed by atoms with Crippen LogP contribution in [0.4, 0.5) is 10.2 Å². The molecular weight excluding hydrogens is 373 g/mol. The average Bonchev–Trinajstić information content (AvgIpc) is 2.96. The lowest BCUT2D eigenvalue weighted by Crippen LogP contribution is -2.43. The first-order chi connectivity index (χ1) is 14.0. The molecule has 154 valence electrons. The molecule has 0 radical (unpaired) electrons. The molecule has 2 aromatic heterocycles. The van der Waals surface area contributed by atoms with E-state index in [1.165, 1.54) is 0 Å². The molecule has 0 bridgehead atoms. The number of hydrogen-bond acceptors (Lipinski definition) is 7. The van der Waals surface area contributed by atoms with E-state index in [9.17, 15) is 9.50 Å². The van der Waals surface area contributed by atoms with Crippen molar-refractivity contribution in [3.05, 3.63) is 30.2 Å². The summed E-state index contributed by atoms with van der Waals surface area (Å²) in [6.07, 6.45) is 2.24. The fourth-order valence-electron chi connectivity index (χ4n) is 4.08. The van der Waals surface area contributed by atoms with Crippen LogP contribution >= 0.6 is 0 Å². The van der Waals surface area contributed by atoms with Gasteiger partial charge in [0.1, 0.15) is 17.4 Å². The van der Waals surface area contributed by atoms with E-state index in [0.29, 0.717) is 46.5 Å². The van der Waals surface area contributed by atoms with Crippen molar-refractivity contribution < 1.29 is 13.9 Å². The lowest BCUT2D eigenvalue weighted by molar-refractivity contribution is 0.257. The van der Waals surface area contributed by atoms with Crippen molar-refractivity contribution in [2.24, 2.45) is 0 Å². The Morgan fingerprint density at radius 3 is 2.79 bits per heavy atom. The molecular formula is C21H26FN5O2. The molecule has 2 heterocycles. The Bertz CT molecular complexity index is 991. The molecule has 0 aliphatic heterocycles. The molecule has 4 rings (SSSR count). The molecule has 7 nitrogen and oxygen atoms in total. The van der Waals surface area contributed by atoms with Gasteiger partial charge in [0, 0.05) is 31.6 Å². The Labute approximate surface area is 169 Å². The average molecular weight is 399 g/mol. The zero-order valence-electron chi connectivity index (χ0n) is 16.9. The topological polar surface area (TPSA) is 87.3 Å². The van der Waals surface area contributed by atoms with Gasteiger partial charge in [0.2, 0.25) is 0 Å². The SMILES string of the molecule is CNC1CCC[C@@H](F)[C@@H](N(C)c2ccc(-c3cc4oc(C)nc4cc3O)nn2)C1. The summed E-state index contributed by atoms with van der Waals surface area (Å²) < 4.78 is 20.3. The van der Waals surface area contributed by atoms with E-state index < -0.39 is 6.17 Å². The standard InChI is InChI=1S/C21H26FN5O2/c1-12-24-17-11-19(28)14(10-20(17)29-12)16-7-8-21(26-25-16)27(3)18-9-13(23-2)5-4-6-15(18)22/h7-8,10-11,13,15,18,23,28H,4-6,9H2,1-3H3/t13?,15-,18+/m1/s1. The molecule has 3 atom stereocenters. The maximum Gasteiger partial charge on any atom is 0.192 e. The summed E-state index contributed by atoms with van der Waals surface area (Å²) >= 11 is 0. The monoisotopic (exact) mass is 399 g/mol. The number of anilines is 1. The van der Waals surface area contributed by atoms with Gasteiger partial charge in [-0.2, -0.15) is 0 Å². The van der Waals surface area contributed by atoms with E-state index in [-0.39, 0.29) is 11.8 Å². The van der Waals surface area contributed by atoms with Crippen LogP contribution in [0.15, 0.2) is 28.7 Å². The van der Waals surface area contributed by atoms with Crippen LogP contribution in [0.25, 0.3) is 22.4 Å². The van der Waals surface area contributed by atoms with Crippen LogP contribution in [-0.4, -0.2) is 52.6 Å². The summed E-state index contributed by atoms with van der Waals surface area (Å²) in [5.41, 5.74) is 2.20. The molecule has 1 unspecified atom stereocenters. The van der Waals surface area contributed by atoms with Crippen LogP contribution in [0.5, 0.6) is 5.75 Å². The maximum atomic E-state index is 14.7. The molecule has 29 heavy (non-hydrogen) atoms. The number of aromatic hydroxyl groups is 1. The van der Waals surface area contributed by atoms with Crippen LogP contribution in [0, 0.1) is 6.92 Å². The van der Waals surface area contributed by atoms with Crippen molar-refractivity contribution in [2.45, 2.75) is 50.9 Å². The van der Waals surface area contributed by atoms with Gasteiger partial charge in [0.15, 0.2) is 17.3 Å². The number of alkyl halides is 1. The van der Waals surface area contributed by atoms with Crippen molar-refractivity contribution >= 4 is 16.9 Å². The van der Waals surface area contributed by atoms with Crippen LogP contribution in [0.2, 0.25) is 0 Å². The number of nitrogens with zero attached hydrogens (tertiary/aromatic N) is 4. The summed E-state index contributed by atoms with van der Waals surface area (Å²) in [6.45, 7) is 1.76. The number of halogens is 1. The molecule has 1 aliphatic rings. The van der Waals surface area contributed by atoms with Crippen molar-refractivity contribution in [2.75, 3.05) is 19.0 Å². The molecule has 1 aromatic carbocycles. The van der Waals surface area contributed by atoms with Crippen molar-refractivity contribution in [1.82, 2.24) is 20.5 Å². The number of fused-ring (bicyclic) bond motifs is 1. The van der Waals surface area contributed by atoms with Gasteiger partial charge in [0.25, 0.3) is 0 Å². The van der Waals surface area contributed by atoms with Gasteiger partial charge in [-0.3, -0.25) is 0 Å². The molecule has 1 fully saturated rings. The van der Waals surface area contributed by atoms with Gasteiger partial charge in [-0.05, 0) is 50.9 Å². The largest absolute Gasteiger partial charge is 0.507 e. The second kappa shape index (κ2) is 7.94. The molecule has 8 heteroatoms. The highest BCUT2D eigenvalue weighted by atomic mass is 19.1. The number of aromatic nitrogens is 3. The third-order valence-corrected chi connectivity index (χ3v) is 5.78. The van der Waals surface area contributed by atoms with Crippen LogP contribution < -0.4 is 10.2 Å². The number of hydrogen-bond donors (Lipinski definition) is 2. The summed E-state index contributed by atoms with van der Waals surface area (Å²) in [6, 6.07) is 6.89. The van der Waals surface area contributed by atoms with E-state index in [4.69, 9.17) is 4.42 Å². The Hall–Kier alpha value is -2.74. The van der Waals surface area contributed by atoms with Crippen LogP contribution in [0.3, 0.4) is 0 Å². The van der Waals surface area contributed by atoms with Gasteiger partial charge in [0.05, 0.1) is 11.7 Å². The quantitative estimate of drug-likeness (QED) is 0.648. The third kappa shape index (κ3) is 3.89. The smallest absolute Gasteiger partial charge is 0.192 e. The molecule has 2 N–H and O–H groups in total. The Kier molecular flexibility index (Phi) is 5.36. The number of oxazole rings is 1. The predicted molar refractivity (Wildman–Crippen MR) is 110 cm³/mol. The van der Waals surface area contributed by atoms with E-state index >= 15 is 0 Å². The highest BCUT2D eigenvalue weighted by Crippen LogP contribution is 2.33. The van der Waals surface area contributed by atoms with Crippen LogP contribution in [0.1, 0.15) is 31.6 Å². The molecule has 3 aromatic rings. The summed E-state index contributed by atoms with van der Waals surface area (Å²) in [5.74, 6) is 1.20. The van der Waals surface area contributed by atoms with Crippen molar-refractivity contribution in [3.8, 4) is 17.0 Å². The molecule has 0 saturated heterocycles. The number of phenols is 1. The van der Waals surface area contributed by atoms with Gasteiger partial charge >= 0.3 is 0 Å². The predicted octanol–water partition coefficient (Wildman–Crippen LogP) is 3.60. The minimum absolute atomic E-state index is 0.0608. The lowest BCUT2D eigenvalue weighted by Gasteiger charge is -2.31. The second-order valence-corrected chi connectivity index (χ2v) is 7.69. The number of aryl methyl sites for hydroxylation is 1. The maximum absolute atomic E-state index is 14.7. The molecule has 0 amide bonds. The minimum atomic E-state index is -0.902. The van der Waals surface area contributed by atoms with Gasteiger partial charge in [-0.15, -0.1) is 10.2 Å². The Balaban J connectivity index is 1.59. The Morgan fingerprint density at radius 2 is 2.07 bits per heavy atom. The second-order valence-electron chi connectivity index (χ2n) is 7.69. The van der Waals surface area contributed by atoms with Gasteiger partial charge < -0.3 is 19.7 Å². The first-order valence-corrected chi connectivity index (χ1v) is 9.94. The zero-order valence-corrected chi connectivity index (χ0v) is 16.9. The van der Waals surface area contributed by atoms with E-state index in [0.717, 1.165) is 19.3 Å². The summed E-state index contributed by atoms with van der Waals surface area (Å²) in [7, 11) is 3.79. The van der Waals surface area contributed by atoms with E-state index in [1.807, 2.05) is 25.1 Å². The van der Waals surface area contributed by atoms with Crippen molar-refractivity contribution in [3.63, 3.8) is 0 Å². The van der Waals surface area contributed by atoms with E-state index in [2.05, 4.69) is 20.5 Å². The summed E-state index contributed by atoms with van der Waals surface area (Å²) in [5, 5.41) is 22.2. The Morgan fingerprint density at radius 1 is 1.24 bits per heavy atom. The van der Waals surface area contributed by atoms with Crippen LogP contribution in [-0.2, 0) is 0 Å². The number of nitrogens with one attached hydrogen (secondary N) is 1. The van der Waals surface area contributed by atoms with Gasteiger partial charge in [-0.1, -0.05) is 0 Å². The fourth-order valence-corrected chi connectivity index (χ4v) is 4.08. The first-order valence-electron chi connectivity index (χ1n) is 9.94. The minimum Gasteiger partial charge on any atom is -0.507 e. The first kappa shape index (κ1) is 19.6. The molecule has 0 spiro atoms. The number of benzene rings is 1. The highest BCUT2D eigenvalue weighted by molar-refractivity contribution is 5.83. The fraction of sp³-hybridized carbons (Fsp3) is 0.476. The van der Waals surface area contributed by atoms with E-state index in [1.54, 1.807) is 25.1 Å². The number of phenolic OH excluding ortho intramolecular Hbond substituents is 1. The molecule has 1 saturated carbocycles. The zero-order chi connectivity index (χ0) is 20.5. The van der Waals surface area contributed by atoms with Gasteiger partial charge in [-0.25, -0.2) is 9.37 Å². The normalized spacial score (nSPS) is 22.6. The molecule has 1 aliphatic carbocycles. The third-order valence-electron chi connectivity index (χ3n) is 5.78. The number of rotatable bonds is 4. The lowest BCUT2D eigenvalue weighted by atomic mass is 10.0. The highest BCUT2D eigenvalue weighted by Gasteiger charge is 2.31. The van der Waals surface area contributed by atoms with Crippen molar-refractivity contribution in [1.29, 1.82) is 0 Å². The summed E-state index contributed by atoms with van der Waals surface area (Å²) in [4.78, 5) is 6.09.